The lowest BCUT2D eigenvalue weighted by atomic mass is 9.82. The molecule has 1 heterocycles. The van der Waals surface area contributed by atoms with E-state index in [0.29, 0.717) is 25.9 Å². The third-order valence-corrected chi connectivity index (χ3v) is 4.84. The maximum Gasteiger partial charge on any atom is 0.269 e. The van der Waals surface area contributed by atoms with Gasteiger partial charge in [-0.3, -0.25) is 25.0 Å². The van der Waals surface area contributed by atoms with Crippen molar-refractivity contribution in [2.45, 2.75) is 12.8 Å². The van der Waals surface area contributed by atoms with E-state index in [9.17, 15) is 25.0 Å². The second kappa shape index (κ2) is 8.05. The average Bonchev–Trinajstić information content (AvgIpc) is 2.66. The summed E-state index contributed by atoms with van der Waals surface area (Å²) in [4.78, 5) is 33.4. The van der Waals surface area contributed by atoms with Crippen molar-refractivity contribution in [3.05, 3.63) is 79.9 Å². The third-order valence-electron chi connectivity index (χ3n) is 4.84. The van der Waals surface area contributed by atoms with Gasteiger partial charge in [-0.1, -0.05) is 24.3 Å². The monoisotopic (exact) mass is 369 g/mol. The fourth-order valence-corrected chi connectivity index (χ4v) is 3.39. The van der Waals surface area contributed by atoms with E-state index in [1.807, 2.05) is 0 Å². The Labute approximate surface area is 155 Å². The second-order valence-electron chi connectivity index (χ2n) is 6.71. The van der Waals surface area contributed by atoms with Crippen molar-refractivity contribution in [2.24, 2.45) is 11.8 Å². The van der Waals surface area contributed by atoms with Crippen molar-refractivity contribution in [3.8, 4) is 0 Å². The van der Waals surface area contributed by atoms with Gasteiger partial charge in [-0.25, -0.2) is 0 Å². The molecule has 0 spiro atoms. The number of piperidine rings is 1. The lowest BCUT2D eigenvalue weighted by Gasteiger charge is -2.29. The molecule has 0 aliphatic carbocycles. The normalized spacial score (nSPS) is 19.6. The fraction of sp³-hybridized carbons (Fsp3) is 0.316. The minimum atomic E-state index is -0.447. The Kier molecular flexibility index (Phi) is 5.56. The van der Waals surface area contributed by atoms with Crippen molar-refractivity contribution >= 4 is 17.2 Å². The average molecular weight is 369 g/mol. The second-order valence-corrected chi connectivity index (χ2v) is 6.71. The SMILES string of the molecule is O=C1C(Cc2ccc([N+](=O)[O-])cc2)CNCC1Cc1ccc([N+](=O)[O-])cc1. The minimum absolute atomic E-state index is 0.0305. The molecule has 1 aliphatic rings. The molecule has 8 nitrogen and oxygen atoms in total. The van der Waals surface area contributed by atoms with E-state index in [-0.39, 0.29) is 29.0 Å². The van der Waals surface area contributed by atoms with E-state index in [1.165, 1.54) is 24.3 Å². The number of hydrogen-bond donors (Lipinski definition) is 1. The quantitative estimate of drug-likeness (QED) is 0.618. The van der Waals surface area contributed by atoms with Crippen LogP contribution in [0.25, 0.3) is 0 Å². The standard InChI is InChI=1S/C19H19N3O5/c23-19-15(9-13-1-5-17(6-2-13)21(24)25)11-20-12-16(19)10-14-3-7-18(8-4-14)22(26)27/h1-8,15-16,20H,9-12H2. The van der Waals surface area contributed by atoms with Gasteiger partial charge in [0.15, 0.2) is 0 Å². The minimum Gasteiger partial charge on any atom is -0.315 e. The molecule has 0 bridgehead atoms. The van der Waals surface area contributed by atoms with Crippen LogP contribution in [0.5, 0.6) is 0 Å². The Balaban J connectivity index is 1.64. The van der Waals surface area contributed by atoms with Crippen molar-refractivity contribution < 1.29 is 14.6 Å². The van der Waals surface area contributed by atoms with Gasteiger partial charge in [-0.2, -0.15) is 0 Å². The van der Waals surface area contributed by atoms with Crippen LogP contribution in [0, 0.1) is 32.1 Å². The number of nitro benzene ring substituents is 2. The topological polar surface area (TPSA) is 115 Å². The maximum atomic E-state index is 12.8. The first-order valence-electron chi connectivity index (χ1n) is 8.65. The summed E-state index contributed by atoms with van der Waals surface area (Å²) < 4.78 is 0. The first-order valence-corrected chi connectivity index (χ1v) is 8.65. The molecule has 1 N–H and O–H groups in total. The Morgan fingerprint density at radius 1 is 0.778 bits per heavy atom. The molecule has 1 aliphatic heterocycles. The fourth-order valence-electron chi connectivity index (χ4n) is 3.39. The van der Waals surface area contributed by atoms with E-state index >= 15 is 0 Å². The molecular weight excluding hydrogens is 350 g/mol. The van der Waals surface area contributed by atoms with Gasteiger partial charge in [0.05, 0.1) is 9.85 Å². The molecule has 1 saturated heterocycles. The van der Waals surface area contributed by atoms with E-state index in [0.717, 1.165) is 11.1 Å². The van der Waals surface area contributed by atoms with Gasteiger partial charge >= 0.3 is 0 Å². The van der Waals surface area contributed by atoms with E-state index in [2.05, 4.69) is 5.32 Å². The molecule has 0 amide bonds. The number of hydrogen-bond acceptors (Lipinski definition) is 6. The summed E-state index contributed by atoms with van der Waals surface area (Å²) in [6.07, 6.45) is 1.06. The van der Waals surface area contributed by atoms with Crippen molar-refractivity contribution in [2.75, 3.05) is 13.1 Å². The molecule has 2 aromatic carbocycles. The molecule has 3 rings (SSSR count). The highest BCUT2D eigenvalue weighted by atomic mass is 16.6. The highest BCUT2D eigenvalue weighted by Gasteiger charge is 2.31. The third kappa shape index (κ3) is 4.53. The first kappa shape index (κ1) is 18.7. The number of nitro groups is 2. The predicted molar refractivity (Wildman–Crippen MR) is 98.5 cm³/mol. The molecule has 8 heteroatoms. The Morgan fingerprint density at radius 2 is 1.15 bits per heavy atom. The van der Waals surface area contributed by atoms with Gasteiger partial charge in [-0.05, 0) is 24.0 Å². The maximum absolute atomic E-state index is 12.8. The molecule has 1 fully saturated rings. The zero-order valence-electron chi connectivity index (χ0n) is 14.5. The molecule has 2 atom stereocenters. The number of nitrogens with zero attached hydrogens (tertiary/aromatic N) is 2. The molecule has 0 aromatic heterocycles. The molecule has 0 saturated carbocycles. The Bertz CT molecular complexity index is 779. The molecule has 140 valence electrons. The van der Waals surface area contributed by atoms with Crippen molar-refractivity contribution in [3.63, 3.8) is 0 Å². The van der Waals surface area contributed by atoms with Gasteiger partial charge in [0, 0.05) is 49.2 Å². The lowest BCUT2D eigenvalue weighted by molar-refractivity contribution is -0.385. The van der Waals surface area contributed by atoms with Crippen LogP contribution >= 0.6 is 0 Å². The van der Waals surface area contributed by atoms with Crippen LogP contribution in [-0.4, -0.2) is 28.7 Å². The molecule has 2 aromatic rings. The smallest absolute Gasteiger partial charge is 0.269 e. The number of Topliss-reactive ketones (excluding diaryl/α,β-unsaturated/α-hetero) is 1. The van der Waals surface area contributed by atoms with Gasteiger partial charge in [-0.15, -0.1) is 0 Å². The Morgan fingerprint density at radius 3 is 1.48 bits per heavy atom. The summed E-state index contributed by atoms with van der Waals surface area (Å²) in [5, 5.41) is 24.7. The van der Waals surface area contributed by atoms with Crippen LogP contribution in [0.4, 0.5) is 11.4 Å². The number of rotatable bonds is 6. The number of carbonyl (C=O) groups is 1. The Hall–Kier alpha value is -3.13. The van der Waals surface area contributed by atoms with Gasteiger partial charge < -0.3 is 5.32 Å². The summed E-state index contributed by atoms with van der Waals surface area (Å²) in [6, 6.07) is 12.5. The molecule has 2 unspecified atom stereocenters. The van der Waals surface area contributed by atoms with Crippen LogP contribution in [-0.2, 0) is 17.6 Å². The first-order chi connectivity index (χ1) is 12.9. The molecule has 0 radical (unpaired) electrons. The lowest BCUT2D eigenvalue weighted by Crippen LogP contribution is -2.45. The number of carbonyl (C=O) groups excluding carboxylic acids is 1. The van der Waals surface area contributed by atoms with Crippen LogP contribution in [0.3, 0.4) is 0 Å². The van der Waals surface area contributed by atoms with Gasteiger partial charge in [0.2, 0.25) is 0 Å². The number of ketones is 1. The highest BCUT2D eigenvalue weighted by Crippen LogP contribution is 2.23. The summed E-state index contributed by atoms with van der Waals surface area (Å²) in [5.41, 5.74) is 1.83. The zero-order valence-corrected chi connectivity index (χ0v) is 14.5. The van der Waals surface area contributed by atoms with Crippen LogP contribution < -0.4 is 5.32 Å². The van der Waals surface area contributed by atoms with Crippen LogP contribution in [0.2, 0.25) is 0 Å². The highest BCUT2D eigenvalue weighted by molar-refractivity contribution is 5.85. The van der Waals surface area contributed by atoms with Gasteiger partial charge in [0.1, 0.15) is 5.78 Å². The number of benzene rings is 2. The largest absolute Gasteiger partial charge is 0.315 e. The summed E-state index contributed by atoms with van der Waals surface area (Å²) in [5.74, 6) is -0.225. The summed E-state index contributed by atoms with van der Waals surface area (Å²) >= 11 is 0. The number of non-ortho nitro benzene ring substituents is 2. The number of nitrogens with one attached hydrogen (secondary N) is 1. The molecule has 27 heavy (non-hydrogen) atoms. The summed E-state index contributed by atoms with van der Waals surface area (Å²) in [6.45, 7) is 1.15. The van der Waals surface area contributed by atoms with E-state index in [4.69, 9.17) is 0 Å². The van der Waals surface area contributed by atoms with Gasteiger partial charge in [0.25, 0.3) is 11.4 Å². The zero-order chi connectivity index (χ0) is 19.4. The van der Waals surface area contributed by atoms with Crippen LogP contribution in [0.15, 0.2) is 48.5 Å². The van der Waals surface area contributed by atoms with Crippen molar-refractivity contribution in [1.29, 1.82) is 0 Å². The van der Waals surface area contributed by atoms with E-state index in [1.54, 1.807) is 24.3 Å². The molecular formula is C19H19N3O5. The predicted octanol–water partition coefficient (Wildman–Crippen LogP) is 2.69. The van der Waals surface area contributed by atoms with Crippen molar-refractivity contribution in [1.82, 2.24) is 5.32 Å². The van der Waals surface area contributed by atoms with Crippen LogP contribution in [0.1, 0.15) is 11.1 Å². The van der Waals surface area contributed by atoms with E-state index < -0.39 is 9.85 Å². The summed E-state index contributed by atoms with van der Waals surface area (Å²) in [7, 11) is 0.